The van der Waals surface area contributed by atoms with Gasteiger partial charge >= 0.3 is 0 Å². The molecular weight excluding hydrogens is 446 g/mol. The van der Waals surface area contributed by atoms with Crippen LogP contribution in [0.25, 0.3) is 0 Å². The number of fused-ring (bicyclic) bond motifs is 1. The lowest BCUT2D eigenvalue weighted by Gasteiger charge is -2.38. The highest BCUT2D eigenvalue weighted by Crippen LogP contribution is 2.32. The van der Waals surface area contributed by atoms with Gasteiger partial charge in [-0.3, -0.25) is 19.3 Å². The predicted molar refractivity (Wildman–Crippen MR) is 122 cm³/mol. The summed E-state index contributed by atoms with van der Waals surface area (Å²) in [6, 6.07) is 11.9. The van der Waals surface area contributed by atoms with Gasteiger partial charge in [-0.1, -0.05) is 29.8 Å². The second-order valence-corrected chi connectivity index (χ2v) is 8.85. The number of benzene rings is 2. The number of hydrogen-bond acceptors (Lipinski definition) is 6. The number of ether oxygens (including phenoxy) is 2. The van der Waals surface area contributed by atoms with E-state index in [2.05, 4.69) is 0 Å². The maximum atomic E-state index is 13.1. The van der Waals surface area contributed by atoms with E-state index in [1.807, 2.05) is 30.0 Å². The number of anilines is 1. The second-order valence-electron chi connectivity index (χ2n) is 8.45. The van der Waals surface area contributed by atoms with Crippen molar-refractivity contribution in [3.05, 3.63) is 53.1 Å². The summed E-state index contributed by atoms with van der Waals surface area (Å²) in [5, 5.41) is 0.514. The van der Waals surface area contributed by atoms with Crippen LogP contribution < -0.4 is 14.4 Å². The zero-order valence-electron chi connectivity index (χ0n) is 18.2. The van der Waals surface area contributed by atoms with Crippen LogP contribution in [0.5, 0.6) is 11.5 Å². The molecule has 8 nitrogen and oxygen atoms in total. The number of hydrogen-bond donors (Lipinski definition) is 0. The second kappa shape index (κ2) is 8.68. The molecule has 0 aliphatic carbocycles. The standard InChI is InChI=1S/C24H24ClN3O5/c1-15-6-7-16(12-17(15)25)28-22(29)13-18(23(28)30)26-8-10-27(11-9-26)24(31)21-14-32-19-4-2-3-5-20(19)33-21/h2-7,12,18,21H,8-11,13-14H2,1H3/t18-,21-/m1/s1. The molecule has 3 amide bonds. The van der Waals surface area contributed by atoms with Gasteiger partial charge in [-0.15, -0.1) is 0 Å². The van der Waals surface area contributed by atoms with Crippen molar-refractivity contribution in [2.75, 3.05) is 37.7 Å². The van der Waals surface area contributed by atoms with Gasteiger partial charge < -0.3 is 14.4 Å². The summed E-state index contributed by atoms with van der Waals surface area (Å²) in [5.74, 6) is 0.575. The molecule has 2 saturated heterocycles. The lowest BCUT2D eigenvalue weighted by Crippen LogP contribution is -2.57. The Labute approximate surface area is 196 Å². The molecule has 3 aliphatic rings. The lowest BCUT2D eigenvalue weighted by molar-refractivity contribution is -0.143. The quantitative estimate of drug-likeness (QED) is 0.642. The first kappa shape index (κ1) is 21.7. The topological polar surface area (TPSA) is 79.4 Å². The fourth-order valence-electron chi connectivity index (χ4n) is 4.49. The minimum Gasteiger partial charge on any atom is -0.485 e. The Morgan fingerprint density at radius 1 is 1.03 bits per heavy atom. The third kappa shape index (κ3) is 4.05. The first-order valence-corrected chi connectivity index (χ1v) is 11.3. The fourth-order valence-corrected chi connectivity index (χ4v) is 4.67. The number of para-hydroxylation sites is 2. The molecule has 0 spiro atoms. The molecule has 2 fully saturated rings. The first-order valence-electron chi connectivity index (χ1n) is 11.0. The summed E-state index contributed by atoms with van der Waals surface area (Å²) >= 11 is 6.19. The van der Waals surface area contributed by atoms with E-state index in [1.165, 1.54) is 4.90 Å². The van der Waals surface area contributed by atoms with Crippen molar-refractivity contribution >= 4 is 35.0 Å². The van der Waals surface area contributed by atoms with Gasteiger partial charge in [-0.05, 0) is 36.8 Å². The molecule has 3 heterocycles. The molecule has 2 aromatic rings. The van der Waals surface area contributed by atoms with Gasteiger partial charge in [0.2, 0.25) is 12.0 Å². The number of rotatable bonds is 3. The van der Waals surface area contributed by atoms with Gasteiger partial charge in [-0.25, -0.2) is 4.90 Å². The molecule has 172 valence electrons. The smallest absolute Gasteiger partial charge is 0.267 e. The first-order chi connectivity index (χ1) is 15.9. The molecule has 3 aliphatic heterocycles. The molecule has 0 unspecified atom stereocenters. The van der Waals surface area contributed by atoms with E-state index in [1.54, 1.807) is 29.2 Å². The van der Waals surface area contributed by atoms with Gasteiger partial charge in [-0.2, -0.15) is 0 Å². The highest BCUT2D eigenvalue weighted by molar-refractivity contribution is 6.32. The number of piperazine rings is 1. The van der Waals surface area contributed by atoms with E-state index in [4.69, 9.17) is 21.1 Å². The minimum absolute atomic E-state index is 0.120. The van der Waals surface area contributed by atoms with Crippen molar-refractivity contribution in [2.24, 2.45) is 0 Å². The highest BCUT2D eigenvalue weighted by Gasteiger charge is 2.44. The number of amides is 3. The molecule has 0 N–H and O–H groups in total. The van der Waals surface area contributed by atoms with E-state index in [-0.39, 0.29) is 30.7 Å². The van der Waals surface area contributed by atoms with Crippen molar-refractivity contribution in [1.29, 1.82) is 0 Å². The Kier molecular flexibility index (Phi) is 5.72. The number of nitrogens with zero attached hydrogens (tertiary/aromatic N) is 3. The Bertz CT molecular complexity index is 1120. The average molecular weight is 470 g/mol. The van der Waals surface area contributed by atoms with E-state index in [0.29, 0.717) is 48.4 Å². The maximum absolute atomic E-state index is 13.1. The van der Waals surface area contributed by atoms with Gasteiger partial charge in [0.05, 0.1) is 18.2 Å². The summed E-state index contributed by atoms with van der Waals surface area (Å²) in [6.07, 6.45) is -0.572. The van der Waals surface area contributed by atoms with Crippen LogP contribution in [0.15, 0.2) is 42.5 Å². The maximum Gasteiger partial charge on any atom is 0.267 e. The molecular formula is C24H24ClN3O5. The molecule has 0 aromatic heterocycles. The monoisotopic (exact) mass is 469 g/mol. The van der Waals surface area contributed by atoms with Crippen molar-refractivity contribution in [2.45, 2.75) is 25.5 Å². The molecule has 0 radical (unpaired) electrons. The summed E-state index contributed by atoms with van der Waals surface area (Å²) in [5.41, 5.74) is 1.37. The number of carbonyl (C=O) groups is 3. The van der Waals surface area contributed by atoms with E-state index < -0.39 is 12.1 Å². The SMILES string of the molecule is Cc1ccc(N2C(=O)C[C@@H](N3CCN(C(=O)[C@H]4COc5ccccc5O4)CC3)C2=O)cc1Cl. The van der Waals surface area contributed by atoms with Crippen LogP contribution in [-0.2, 0) is 14.4 Å². The van der Waals surface area contributed by atoms with Crippen LogP contribution in [0, 0.1) is 6.92 Å². The van der Waals surface area contributed by atoms with Crippen LogP contribution in [0.2, 0.25) is 5.02 Å². The van der Waals surface area contributed by atoms with Crippen LogP contribution in [0.1, 0.15) is 12.0 Å². The minimum atomic E-state index is -0.692. The van der Waals surface area contributed by atoms with Crippen LogP contribution in [-0.4, -0.2) is 72.5 Å². The third-order valence-corrected chi connectivity index (χ3v) is 6.79. The summed E-state index contributed by atoms with van der Waals surface area (Å²) in [6.45, 7) is 3.94. The van der Waals surface area contributed by atoms with Crippen LogP contribution >= 0.6 is 11.6 Å². The molecule has 5 rings (SSSR count). The molecule has 33 heavy (non-hydrogen) atoms. The van der Waals surface area contributed by atoms with E-state index >= 15 is 0 Å². The highest BCUT2D eigenvalue weighted by atomic mass is 35.5. The van der Waals surface area contributed by atoms with E-state index in [0.717, 1.165) is 5.56 Å². The summed E-state index contributed by atoms with van der Waals surface area (Å²) in [7, 11) is 0. The van der Waals surface area contributed by atoms with Gasteiger partial charge in [0, 0.05) is 31.2 Å². The van der Waals surface area contributed by atoms with Crippen molar-refractivity contribution in [3.63, 3.8) is 0 Å². The normalized spacial score (nSPS) is 23.2. The molecule has 0 bridgehead atoms. The van der Waals surface area contributed by atoms with Crippen LogP contribution in [0.4, 0.5) is 5.69 Å². The molecule has 2 aromatic carbocycles. The zero-order chi connectivity index (χ0) is 23.1. The lowest BCUT2D eigenvalue weighted by atomic mass is 10.1. The number of imide groups is 1. The Morgan fingerprint density at radius 3 is 2.48 bits per heavy atom. The Balaban J connectivity index is 1.21. The average Bonchev–Trinajstić information content (AvgIpc) is 3.14. The van der Waals surface area contributed by atoms with Crippen LogP contribution in [0.3, 0.4) is 0 Å². The molecule has 0 saturated carbocycles. The number of aryl methyl sites for hydroxylation is 1. The summed E-state index contributed by atoms with van der Waals surface area (Å²) in [4.78, 5) is 43.6. The van der Waals surface area contributed by atoms with Gasteiger partial charge in [0.25, 0.3) is 11.8 Å². The van der Waals surface area contributed by atoms with Crippen molar-refractivity contribution in [3.8, 4) is 11.5 Å². The van der Waals surface area contributed by atoms with Crippen molar-refractivity contribution < 1.29 is 23.9 Å². The zero-order valence-corrected chi connectivity index (χ0v) is 19.0. The van der Waals surface area contributed by atoms with Gasteiger partial charge in [0.1, 0.15) is 6.61 Å². The Morgan fingerprint density at radius 2 is 1.76 bits per heavy atom. The Hall–Kier alpha value is -3.10. The molecule has 2 atom stereocenters. The molecule has 9 heteroatoms. The fraction of sp³-hybridized carbons (Fsp3) is 0.375. The predicted octanol–water partition coefficient (Wildman–Crippen LogP) is 2.26. The van der Waals surface area contributed by atoms with Gasteiger partial charge in [0.15, 0.2) is 11.5 Å². The summed E-state index contributed by atoms with van der Waals surface area (Å²) < 4.78 is 11.5. The number of carbonyl (C=O) groups excluding carboxylic acids is 3. The van der Waals surface area contributed by atoms with Crippen molar-refractivity contribution in [1.82, 2.24) is 9.80 Å². The number of halogens is 1. The van der Waals surface area contributed by atoms with E-state index in [9.17, 15) is 14.4 Å². The largest absolute Gasteiger partial charge is 0.485 e. The third-order valence-electron chi connectivity index (χ3n) is 6.39.